The Hall–Kier alpha value is -1.56. The van der Waals surface area contributed by atoms with E-state index in [0.29, 0.717) is 0 Å². The molecule has 2 aromatic rings. The summed E-state index contributed by atoms with van der Waals surface area (Å²) in [6.07, 6.45) is 5.07. The maximum Gasteiger partial charge on any atom is -0.0146 e. The maximum atomic E-state index is 2.41. The number of aryl methyl sites for hydroxylation is 1. The zero-order valence-corrected chi connectivity index (χ0v) is 12.4. The Morgan fingerprint density at radius 3 is 2.60 bits per heavy atom. The highest BCUT2D eigenvalue weighted by atomic mass is 14.3. The molecule has 20 heavy (non-hydrogen) atoms. The molecule has 0 saturated carbocycles. The standard InChI is InChI=1S/C20H22/c1-13-11-14(2)16-9-10-18-17-6-4-3-5-15(17)7-8-19(18)20(16)12-13/h3-6,9-10,13-14H,7-8,11-12H2,1-2H3. The van der Waals surface area contributed by atoms with E-state index in [0.717, 1.165) is 11.8 Å². The largest absolute Gasteiger partial charge is 0.0622 e. The van der Waals surface area contributed by atoms with Gasteiger partial charge in [0.05, 0.1) is 0 Å². The van der Waals surface area contributed by atoms with Gasteiger partial charge in [0.15, 0.2) is 0 Å². The molecule has 0 nitrogen and oxygen atoms in total. The van der Waals surface area contributed by atoms with E-state index in [2.05, 4.69) is 50.2 Å². The lowest BCUT2D eigenvalue weighted by molar-refractivity contribution is 0.447. The number of hydrogen-bond acceptors (Lipinski definition) is 0. The van der Waals surface area contributed by atoms with E-state index in [1.54, 1.807) is 16.7 Å². The third kappa shape index (κ3) is 1.74. The topological polar surface area (TPSA) is 0 Å². The molecule has 0 spiro atoms. The monoisotopic (exact) mass is 262 g/mol. The summed E-state index contributed by atoms with van der Waals surface area (Å²) in [5, 5.41) is 0. The summed E-state index contributed by atoms with van der Waals surface area (Å²) < 4.78 is 0. The summed E-state index contributed by atoms with van der Waals surface area (Å²) in [4.78, 5) is 0. The van der Waals surface area contributed by atoms with Crippen LogP contribution in [0.25, 0.3) is 11.1 Å². The van der Waals surface area contributed by atoms with Crippen molar-refractivity contribution < 1.29 is 0 Å². The van der Waals surface area contributed by atoms with Crippen LogP contribution in [-0.4, -0.2) is 0 Å². The summed E-state index contributed by atoms with van der Waals surface area (Å²) in [5.74, 6) is 1.57. The predicted octanol–water partition coefficient (Wildman–Crippen LogP) is 5.14. The first-order chi connectivity index (χ1) is 9.74. The fraction of sp³-hybridized carbons (Fsp3) is 0.400. The van der Waals surface area contributed by atoms with E-state index in [-0.39, 0.29) is 0 Å². The normalized spacial score (nSPS) is 23.7. The van der Waals surface area contributed by atoms with Crippen LogP contribution in [0.15, 0.2) is 36.4 Å². The van der Waals surface area contributed by atoms with Gasteiger partial charge in [-0.2, -0.15) is 0 Å². The first kappa shape index (κ1) is 12.2. The molecule has 0 fully saturated rings. The minimum Gasteiger partial charge on any atom is -0.0622 e. The van der Waals surface area contributed by atoms with E-state index < -0.39 is 0 Å². The Morgan fingerprint density at radius 1 is 0.850 bits per heavy atom. The van der Waals surface area contributed by atoms with Gasteiger partial charge in [-0.25, -0.2) is 0 Å². The minimum atomic E-state index is 0.733. The van der Waals surface area contributed by atoms with E-state index in [1.807, 2.05) is 0 Å². The molecule has 2 aromatic carbocycles. The highest BCUT2D eigenvalue weighted by molar-refractivity contribution is 5.75. The van der Waals surface area contributed by atoms with Crippen LogP contribution in [0.3, 0.4) is 0 Å². The molecule has 4 rings (SSSR count). The maximum absolute atomic E-state index is 2.41. The van der Waals surface area contributed by atoms with Crippen LogP contribution in [-0.2, 0) is 19.3 Å². The molecular weight excluding hydrogens is 240 g/mol. The summed E-state index contributed by atoms with van der Waals surface area (Å²) in [7, 11) is 0. The van der Waals surface area contributed by atoms with Gasteiger partial charge in [-0.05, 0) is 70.9 Å². The molecule has 0 radical (unpaired) electrons. The molecule has 2 unspecified atom stereocenters. The van der Waals surface area contributed by atoms with Gasteiger partial charge in [-0.3, -0.25) is 0 Å². The molecule has 2 aliphatic rings. The number of fused-ring (bicyclic) bond motifs is 5. The highest BCUT2D eigenvalue weighted by Gasteiger charge is 2.27. The minimum absolute atomic E-state index is 0.733. The second-order valence-electron chi connectivity index (χ2n) is 6.76. The van der Waals surface area contributed by atoms with Crippen molar-refractivity contribution in [3.8, 4) is 11.1 Å². The SMILES string of the molecule is CC1Cc2c(ccc3c2CCc2ccccc2-3)C(C)C1. The molecule has 0 aromatic heterocycles. The van der Waals surface area contributed by atoms with Gasteiger partial charge >= 0.3 is 0 Å². The second-order valence-corrected chi connectivity index (χ2v) is 6.76. The van der Waals surface area contributed by atoms with Crippen molar-refractivity contribution in [1.29, 1.82) is 0 Å². The van der Waals surface area contributed by atoms with Gasteiger partial charge in [0.2, 0.25) is 0 Å². The first-order valence-electron chi connectivity index (χ1n) is 7.97. The Bertz CT molecular complexity index is 666. The second kappa shape index (κ2) is 4.48. The molecule has 0 amide bonds. The van der Waals surface area contributed by atoms with Crippen LogP contribution < -0.4 is 0 Å². The zero-order chi connectivity index (χ0) is 13.7. The average molecular weight is 262 g/mol. The van der Waals surface area contributed by atoms with Crippen molar-refractivity contribution in [3.63, 3.8) is 0 Å². The third-order valence-electron chi connectivity index (χ3n) is 5.26. The van der Waals surface area contributed by atoms with Gasteiger partial charge in [0, 0.05) is 0 Å². The molecule has 0 bridgehead atoms. The van der Waals surface area contributed by atoms with E-state index >= 15 is 0 Å². The van der Waals surface area contributed by atoms with Crippen molar-refractivity contribution >= 4 is 0 Å². The summed E-state index contributed by atoms with van der Waals surface area (Å²) >= 11 is 0. The van der Waals surface area contributed by atoms with Crippen LogP contribution in [0.2, 0.25) is 0 Å². The average Bonchev–Trinajstić information content (AvgIpc) is 2.46. The van der Waals surface area contributed by atoms with Crippen molar-refractivity contribution in [1.82, 2.24) is 0 Å². The summed E-state index contributed by atoms with van der Waals surface area (Å²) in [6, 6.07) is 13.7. The molecule has 0 heteroatoms. The van der Waals surface area contributed by atoms with Crippen LogP contribution in [0.4, 0.5) is 0 Å². The lowest BCUT2D eigenvalue weighted by Crippen LogP contribution is -2.19. The molecule has 102 valence electrons. The quantitative estimate of drug-likeness (QED) is 0.617. The summed E-state index contributed by atoms with van der Waals surface area (Å²) in [6.45, 7) is 4.81. The van der Waals surface area contributed by atoms with E-state index in [1.165, 1.54) is 42.4 Å². The molecular formula is C20H22. The van der Waals surface area contributed by atoms with Crippen molar-refractivity contribution in [2.24, 2.45) is 5.92 Å². The Balaban J connectivity index is 1.93. The van der Waals surface area contributed by atoms with Gasteiger partial charge < -0.3 is 0 Å². The fourth-order valence-corrected chi connectivity index (χ4v) is 4.37. The Labute approximate surface area is 121 Å². The Kier molecular flexibility index (Phi) is 2.73. The number of rotatable bonds is 0. The van der Waals surface area contributed by atoms with Crippen molar-refractivity contribution in [2.75, 3.05) is 0 Å². The molecule has 0 saturated heterocycles. The first-order valence-corrected chi connectivity index (χ1v) is 7.97. The van der Waals surface area contributed by atoms with Gasteiger partial charge in [0.1, 0.15) is 0 Å². The summed E-state index contributed by atoms with van der Waals surface area (Å²) in [5.41, 5.74) is 9.47. The highest BCUT2D eigenvalue weighted by Crippen LogP contribution is 2.42. The lowest BCUT2D eigenvalue weighted by Gasteiger charge is -2.32. The van der Waals surface area contributed by atoms with Gasteiger partial charge in [-0.15, -0.1) is 0 Å². The van der Waals surface area contributed by atoms with Crippen molar-refractivity contribution in [3.05, 3.63) is 58.7 Å². The number of benzene rings is 2. The predicted molar refractivity (Wildman–Crippen MR) is 85.2 cm³/mol. The third-order valence-corrected chi connectivity index (χ3v) is 5.26. The molecule has 0 aliphatic heterocycles. The van der Waals surface area contributed by atoms with E-state index in [9.17, 15) is 0 Å². The van der Waals surface area contributed by atoms with Crippen LogP contribution in [0.1, 0.15) is 48.4 Å². The fourth-order valence-electron chi connectivity index (χ4n) is 4.37. The van der Waals surface area contributed by atoms with Crippen molar-refractivity contribution in [2.45, 2.75) is 45.4 Å². The molecule has 2 aliphatic carbocycles. The van der Waals surface area contributed by atoms with Gasteiger partial charge in [-0.1, -0.05) is 50.2 Å². The molecule has 0 N–H and O–H groups in total. The number of hydrogen-bond donors (Lipinski definition) is 0. The van der Waals surface area contributed by atoms with Crippen LogP contribution in [0.5, 0.6) is 0 Å². The van der Waals surface area contributed by atoms with Gasteiger partial charge in [0.25, 0.3) is 0 Å². The zero-order valence-electron chi connectivity index (χ0n) is 12.4. The Morgan fingerprint density at radius 2 is 1.70 bits per heavy atom. The van der Waals surface area contributed by atoms with E-state index in [4.69, 9.17) is 0 Å². The van der Waals surface area contributed by atoms with Crippen LogP contribution >= 0.6 is 0 Å². The lowest BCUT2D eigenvalue weighted by atomic mass is 9.72. The molecule has 0 heterocycles. The smallest absolute Gasteiger partial charge is 0.0146 e. The van der Waals surface area contributed by atoms with Crippen LogP contribution in [0, 0.1) is 5.92 Å². The molecule has 2 atom stereocenters.